The van der Waals surface area contributed by atoms with Crippen molar-refractivity contribution in [3.05, 3.63) is 34.9 Å². The van der Waals surface area contributed by atoms with E-state index in [1.165, 1.54) is 5.56 Å². The molecule has 0 aliphatic carbocycles. The molecule has 0 aliphatic heterocycles. The molecule has 0 saturated carbocycles. The van der Waals surface area contributed by atoms with Gasteiger partial charge in [0.25, 0.3) is 0 Å². The number of rotatable bonds is 8. The molecule has 0 saturated heterocycles. The highest BCUT2D eigenvalue weighted by Gasteiger charge is 2.21. The molecule has 1 aromatic carbocycles. The number of halogens is 1. The van der Waals surface area contributed by atoms with Gasteiger partial charge in [-0.15, -0.1) is 0 Å². The SMILES string of the molecule is COCC(CNC(C)C)N(C)C(C)c1cccc(Cl)c1. The summed E-state index contributed by atoms with van der Waals surface area (Å²) in [6, 6.07) is 9.16. The average Bonchev–Trinajstić information content (AvgIpc) is 2.41. The number of hydrogen-bond donors (Lipinski definition) is 1. The zero-order valence-corrected chi connectivity index (χ0v) is 13.9. The molecule has 0 bridgehead atoms. The molecule has 4 heteroatoms. The van der Waals surface area contributed by atoms with Gasteiger partial charge in [0.1, 0.15) is 0 Å². The van der Waals surface area contributed by atoms with Gasteiger partial charge in [-0.2, -0.15) is 0 Å². The van der Waals surface area contributed by atoms with E-state index >= 15 is 0 Å². The first kappa shape index (κ1) is 17.4. The monoisotopic (exact) mass is 298 g/mol. The lowest BCUT2D eigenvalue weighted by Gasteiger charge is -2.33. The number of hydrogen-bond acceptors (Lipinski definition) is 3. The van der Waals surface area contributed by atoms with Crippen molar-refractivity contribution in [2.24, 2.45) is 0 Å². The Morgan fingerprint density at radius 3 is 2.55 bits per heavy atom. The maximum Gasteiger partial charge on any atom is 0.0630 e. The summed E-state index contributed by atoms with van der Waals surface area (Å²) < 4.78 is 5.36. The van der Waals surface area contributed by atoms with E-state index in [0.29, 0.717) is 24.7 Å². The van der Waals surface area contributed by atoms with Crippen LogP contribution >= 0.6 is 11.6 Å². The molecule has 0 aromatic heterocycles. The van der Waals surface area contributed by atoms with E-state index in [1.807, 2.05) is 18.2 Å². The van der Waals surface area contributed by atoms with E-state index in [4.69, 9.17) is 16.3 Å². The first-order valence-electron chi connectivity index (χ1n) is 7.15. The summed E-state index contributed by atoms with van der Waals surface area (Å²) in [6.07, 6.45) is 0. The van der Waals surface area contributed by atoms with Crippen LogP contribution in [0, 0.1) is 0 Å². The van der Waals surface area contributed by atoms with Crippen molar-refractivity contribution < 1.29 is 4.74 Å². The first-order chi connectivity index (χ1) is 9.45. The number of ether oxygens (including phenoxy) is 1. The van der Waals surface area contributed by atoms with Crippen molar-refractivity contribution in [2.45, 2.75) is 38.9 Å². The third-order valence-corrected chi connectivity index (χ3v) is 3.87. The molecule has 114 valence electrons. The Hall–Kier alpha value is -0.610. The predicted octanol–water partition coefficient (Wildman–Crippen LogP) is 3.35. The van der Waals surface area contributed by atoms with E-state index in [0.717, 1.165) is 11.6 Å². The van der Waals surface area contributed by atoms with E-state index in [-0.39, 0.29) is 0 Å². The van der Waals surface area contributed by atoms with E-state index in [2.05, 4.69) is 44.1 Å². The highest BCUT2D eigenvalue weighted by Crippen LogP contribution is 2.23. The highest BCUT2D eigenvalue weighted by molar-refractivity contribution is 6.30. The molecule has 1 rings (SSSR count). The van der Waals surface area contributed by atoms with Crippen molar-refractivity contribution in [3.63, 3.8) is 0 Å². The lowest BCUT2D eigenvalue weighted by Crippen LogP contribution is -2.45. The Kier molecular flexibility index (Phi) is 7.52. The fraction of sp³-hybridized carbons (Fsp3) is 0.625. The van der Waals surface area contributed by atoms with Gasteiger partial charge in [0, 0.05) is 36.8 Å². The lowest BCUT2D eigenvalue weighted by molar-refractivity contribution is 0.0826. The summed E-state index contributed by atoms with van der Waals surface area (Å²) in [5.74, 6) is 0. The van der Waals surface area contributed by atoms with Gasteiger partial charge in [-0.3, -0.25) is 4.90 Å². The Morgan fingerprint density at radius 1 is 1.30 bits per heavy atom. The molecule has 0 amide bonds. The Labute approximate surface area is 128 Å². The van der Waals surface area contributed by atoms with Crippen molar-refractivity contribution in [1.82, 2.24) is 10.2 Å². The smallest absolute Gasteiger partial charge is 0.0630 e. The van der Waals surface area contributed by atoms with Gasteiger partial charge >= 0.3 is 0 Å². The Balaban J connectivity index is 2.74. The number of benzene rings is 1. The highest BCUT2D eigenvalue weighted by atomic mass is 35.5. The van der Waals surface area contributed by atoms with Crippen LogP contribution in [0.2, 0.25) is 5.02 Å². The Bertz CT molecular complexity index is 398. The summed E-state index contributed by atoms with van der Waals surface area (Å²) in [5.41, 5.74) is 1.23. The average molecular weight is 299 g/mol. The van der Waals surface area contributed by atoms with Gasteiger partial charge in [-0.25, -0.2) is 0 Å². The van der Waals surface area contributed by atoms with Crippen LogP contribution in [-0.4, -0.2) is 44.3 Å². The fourth-order valence-corrected chi connectivity index (χ4v) is 2.40. The van der Waals surface area contributed by atoms with Crippen molar-refractivity contribution in [1.29, 1.82) is 0 Å². The Morgan fingerprint density at radius 2 is 2.00 bits per heavy atom. The number of nitrogens with one attached hydrogen (secondary N) is 1. The van der Waals surface area contributed by atoms with Crippen molar-refractivity contribution >= 4 is 11.6 Å². The molecule has 2 unspecified atom stereocenters. The minimum Gasteiger partial charge on any atom is -0.383 e. The predicted molar refractivity (Wildman–Crippen MR) is 86.4 cm³/mol. The quantitative estimate of drug-likeness (QED) is 0.796. The second kappa shape index (κ2) is 8.63. The summed E-state index contributed by atoms with van der Waals surface area (Å²) in [6.45, 7) is 8.13. The topological polar surface area (TPSA) is 24.5 Å². The lowest BCUT2D eigenvalue weighted by atomic mass is 10.1. The molecule has 0 aliphatic rings. The summed E-state index contributed by atoms with van der Waals surface area (Å²) in [4.78, 5) is 2.34. The maximum absolute atomic E-state index is 6.08. The zero-order valence-electron chi connectivity index (χ0n) is 13.2. The van der Waals surface area contributed by atoms with Crippen LogP contribution in [0.15, 0.2) is 24.3 Å². The van der Waals surface area contributed by atoms with Gasteiger partial charge in [-0.05, 0) is 31.7 Å². The fourth-order valence-electron chi connectivity index (χ4n) is 2.20. The molecule has 2 atom stereocenters. The number of methoxy groups -OCH3 is 1. The molecule has 20 heavy (non-hydrogen) atoms. The molecule has 0 heterocycles. The van der Waals surface area contributed by atoms with E-state index < -0.39 is 0 Å². The van der Waals surface area contributed by atoms with E-state index in [1.54, 1.807) is 7.11 Å². The maximum atomic E-state index is 6.08. The third-order valence-electron chi connectivity index (χ3n) is 3.64. The molecule has 3 nitrogen and oxygen atoms in total. The van der Waals surface area contributed by atoms with Gasteiger partial charge in [-0.1, -0.05) is 37.6 Å². The molecular weight excluding hydrogens is 272 g/mol. The van der Waals surface area contributed by atoms with Crippen molar-refractivity contribution in [3.8, 4) is 0 Å². The zero-order chi connectivity index (χ0) is 15.1. The summed E-state index contributed by atoms with van der Waals surface area (Å²) in [5, 5.41) is 4.26. The minimum absolute atomic E-state index is 0.294. The molecular formula is C16H27ClN2O. The van der Waals surface area contributed by atoms with Gasteiger partial charge in [0.2, 0.25) is 0 Å². The molecule has 0 spiro atoms. The van der Waals surface area contributed by atoms with Gasteiger partial charge in [0.05, 0.1) is 6.61 Å². The normalized spacial score (nSPS) is 14.8. The second-order valence-electron chi connectivity index (χ2n) is 5.57. The summed E-state index contributed by atoms with van der Waals surface area (Å²) in [7, 11) is 3.89. The summed E-state index contributed by atoms with van der Waals surface area (Å²) >= 11 is 6.08. The van der Waals surface area contributed by atoms with Gasteiger partial charge in [0.15, 0.2) is 0 Å². The van der Waals surface area contributed by atoms with Crippen LogP contribution in [0.1, 0.15) is 32.4 Å². The standard InChI is InChI=1S/C16H27ClN2O/c1-12(2)18-10-16(11-20-5)19(4)13(3)14-7-6-8-15(17)9-14/h6-9,12-13,16,18H,10-11H2,1-5H3. The molecule has 0 fully saturated rings. The largest absolute Gasteiger partial charge is 0.383 e. The van der Waals surface area contributed by atoms with Crippen molar-refractivity contribution in [2.75, 3.05) is 27.3 Å². The molecule has 1 N–H and O–H groups in total. The van der Waals surface area contributed by atoms with Gasteiger partial charge < -0.3 is 10.1 Å². The molecule has 1 aromatic rings. The van der Waals surface area contributed by atoms with Crippen LogP contribution in [0.5, 0.6) is 0 Å². The third kappa shape index (κ3) is 5.41. The van der Waals surface area contributed by atoms with Crippen LogP contribution in [0.4, 0.5) is 0 Å². The van der Waals surface area contributed by atoms with Crippen LogP contribution in [-0.2, 0) is 4.74 Å². The molecule has 0 radical (unpaired) electrons. The number of nitrogens with zero attached hydrogens (tertiary/aromatic N) is 1. The van der Waals surface area contributed by atoms with E-state index in [9.17, 15) is 0 Å². The number of likely N-dealkylation sites (N-methyl/N-ethyl adjacent to an activating group) is 1. The van der Waals surface area contributed by atoms with Crippen LogP contribution in [0.25, 0.3) is 0 Å². The minimum atomic E-state index is 0.294. The first-order valence-corrected chi connectivity index (χ1v) is 7.53. The van der Waals surface area contributed by atoms with Crippen LogP contribution < -0.4 is 5.32 Å². The second-order valence-corrected chi connectivity index (χ2v) is 6.00. The van der Waals surface area contributed by atoms with Crippen LogP contribution in [0.3, 0.4) is 0 Å².